The fourth-order valence-electron chi connectivity index (χ4n) is 3.43. The summed E-state index contributed by atoms with van der Waals surface area (Å²) >= 11 is 0. The number of aryl methyl sites for hydroxylation is 1. The summed E-state index contributed by atoms with van der Waals surface area (Å²) in [5, 5.41) is 10.8. The number of morpholine rings is 1. The topological polar surface area (TPSA) is 61.4 Å². The zero-order valence-electron chi connectivity index (χ0n) is 12.3. The van der Waals surface area contributed by atoms with E-state index in [2.05, 4.69) is 14.9 Å². The van der Waals surface area contributed by atoms with Crippen molar-refractivity contribution in [3.8, 4) is 0 Å². The van der Waals surface area contributed by atoms with Crippen molar-refractivity contribution in [3.05, 3.63) is 17.7 Å². The highest BCUT2D eigenvalue weighted by molar-refractivity contribution is 5.05. The second kappa shape index (κ2) is 5.84. The lowest BCUT2D eigenvalue weighted by Gasteiger charge is -2.41. The second-order valence-corrected chi connectivity index (χ2v) is 6.30. The summed E-state index contributed by atoms with van der Waals surface area (Å²) in [5.41, 5.74) is 0.553. The maximum Gasteiger partial charge on any atom is 0.126 e. The quantitative estimate of drug-likeness (QED) is 0.885. The Morgan fingerprint density at radius 1 is 1.45 bits per heavy atom. The van der Waals surface area contributed by atoms with E-state index in [1.54, 1.807) is 0 Å². The molecule has 1 aromatic heterocycles. The van der Waals surface area contributed by atoms with Gasteiger partial charge in [0.15, 0.2) is 0 Å². The number of hydrogen-bond acceptors (Lipinski definition) is 4. The molecule has 1 saturated heterocycles. The first-order valence-corrected chi connectivity index (χ1v) is 7.72. The van der Waals surface area contributed by atoms with Gasteiger partial charge in [-0.05, 0) is 19.8 Å². The Morgan fingerprint density at radius 2 is 2.25 bits per heavy atom. The summed E-state index contributed by atoms with van der Waals surface area (Å²) in [5.74, 6) is 0.960. The van der Waals surface area contributed by atoms with Crippen LogP contribution < -0.4 is 0 Å². The minimum absolute atomic E-state index is 0.142. The van der Waals surface area contributed by atoms with Gasteiger partial charge in [0, 0.05) is 25.0 Å². The molecule has 0 bridgehead atoms. The highest BCUT2D eigenvalue weighted by Crippen LogP contribution is 2.32. The molecule has 1 atom stereocenters. The average molecular weight is 279 g/mol. The number of β-amino-alcohol motifs (C(OH)–C–C–N with tert-alkyl or cyclic N) is 1. The SMILES string of the molecule is Cc1cnc([C@H]2COCCN2CC2(O)CCCCC2)[nH]1. The first-order chi connectivity index (χ1) is 9.66. The van der Waals surface area contributed by atoms with Crippen molar-refractivity contribution in [3.63, 3.8) is 0 Å². The zero-order valence-corrected chi connectivity index (χ0v) is 12.3. The lowest BCUT2D eigenvalue weighted by molar-refractivity contribution is -0.0761. The van der Waals surface area contributed by atoms with Crippen LogP contribution in [0, 0.1) is 6.92 Å². The summed E-state index contributed by atoms with van der Waals surface area (Å²) in [6.07, 6.45) is 7.25. The van der Waals surface area contributed by atoms with E-state index in [-0.39, 0.29) is 6.04 Å². The molecular formula is C15H25N3O2. The summed E-state index contributed by atoms with van der Waals surface area (Å²) < 4.78 is 5.61. The van der Waals surface area contributed by atoms with Gasteiger partial charge in [0.1, 0.15) is 5.82 Å². The van der Waals surface area contributed by atoms with E-state index in [9.17, 15) is 5.11 Å². The molecule has 2 fully saturated rings. The molecule has 112 valence electrons. The molecule has 1 aromatic rings. The second-order valence-electron chi connectivity index (χ2n) is 6.30. The lowest BCUT2D eigenvalue weighted by Crippen LogP contribution is -2.49. The molecule has 2 N–H and O–H groups in total. The van der Waals surface area contributed by atoms with Crippen LogP contribution >= 0.6 is 0 Å². The van der Waals surface area contributed by atoms with Crippen LogP contribution in [-0.2, 0) is 4.74 Å². The van der Waals surface area contributed by atoms with Gasteiger partial charge in [-0.2, -0.15) is 0 Å². The van der Waals surface area contributed by atoms with Crippen LogP contribution in [0.5, 0.6) is 0 Å². The van der Waals surface area contributed by atoms with Crippen LogP contribution in [0.3, 0.4) is 0 Å². The molecular weight excluding hydrogens is 254 g/mol. The minimum atomic E-state index is -0.518. The molecule has 1 aliphatic carbocycles. The predicted octanol–water partition coefficient (Wildman–Crippen LogP) is 1.79. The van der Waals surface area contributed by atoms with Gasteiger partial charge in [-0.3, -0.25) is 4.90 Å². The van der Waals surface area contributed by atoms with E-state index in [0.29, 0.717) is 6.61 Å². The standard InChI is InChI=1S/C15H25N3O2/c1-12-9-16-14(17-12)13-10-20-8-7-18(13)11-15(19)5-3-2-4-6-15/h9,13,19H,2-8,10-11H2,1H3,(H,16,17)/t13-/m1/s1. The maximum atomic E-state index is 10.8. The van der Waals surface area contributed by atoms with Gasteiger partial charge in [-0.1, -0.05) is 19.3 Å². The number of nitrogens with one attached hydrogen (secondary N) is 1. The van der Waals surface area contributed by atoms with Crippen molar-refractivity contribution in [2.45, 2.75) is 50.7 Å². The van der Waals surface area contributed by atoms with Crippen LogP contribution in [0.2, 0.25) is 0 Å². The number of aromatic amines is 1. The van der Waals surface area contributed by atoms with E-state index >= 15 is 0 Å². The van der Waals surface area contributed by atoms with Crippen LogP contribution in [-0.4, -0.2) is 51.9 Å². The molecule has 1 saturated carbocycles. The lowest BCUT2D eigenvalue weighted by atomic mass is 9.84. The minimum Gasteiger partial charge on any atom is -0.389 e. The molecule has 3 rings (SSSR count). The van der Waals surface area contributed by atoms with Crippen LogP contribution in [0.25, 0.3) is 0 Å². The Morgan fingerprint density at radius 3 is 2.95 bits per heavy atom. The number of aromatic nitrogens is 2. The van der Waals surface area contributed by atoms with Crippen molar-refractivity contribution in [2.75, 3.05) is 26.3 Å². The number of nitrogens with zero attached hydrogens (tertiary/aromatic N) is 2. The van der Waals surface area contributed by atoms with Crippen molar-refractivity contribution in [1.82, 2.24) is 14.9 Å². The molecule has 1 aliphatic heterocycles. The summed E-state index contributed by atoms with van der Waals surface area (Å²) in [4.78, 5) is 10.1. The molecule has 5 heteroatoms. The van der Waals surface area contributed by atoms with E-state index in [1.165, 1.54) is 6.42 Å². The molecule has 0 spiro atoms. The first kappa shape index (κ1) is 14.0. The highest BCUT2D eigenvalue weighted by atomic mass is 16.5. The Hall–Kier alpha value is -0.910. The molecule has 0 radical (unpaired) electrons. The van der Waals surface area contributed by atoms with Gasteiger partial charge in [-0.15, -0.1) is 0 Å². The van der Waals surface area contributed by atoms with E-state index in [0.717, 1.165) is 56.9 Å². The largest absolute Gasteiger partial charge is 0.389 e. The van der Waals surface area contributed by atoms with E-state index in [4.69, 9.17) is 4.74 Å². The van der Waals surface area contributed by atoms with Crippen molar-refractivity contribution in [2.24, 2.45) is 0 Å². The summed E-state index contributed by atoms with van der Waals surface area (Å²) in [6.45, 7) is 5.02. The summed E-state index contributed by atoms with van der Waals surface area (Å²) in [7, 11) is 0. The van der Waals surface area contributed by atoms with Crippen LogP contribution in [0.15, 0.2) is 6.20 Å². The van der Waals surface area contributed by atoms with Gasteiger partial charge in [-0.25, -0.2) is 4.98 Å². The maximum absolute atomic E-state index is 10.8. The number of ether oxygens (including phenoxy) is 1. The van der Waals surface area contributed by atoms with E-state index < -0.39 is 5.60 Å². The third kappa shape index (κ3) is 3.05. The fourth-order valence-corrected chi connectivity index (χ4v) is 3.43. The van der Waals surface area contributed by atoms with Crippen molar-refractivity contribution >= 4 is 0 Å². The Balaban J connectivity index is 1.72. The average Bonchev–Trinajstić information content (AvgIpc) is 2.86. The third-order valence-corrected chi connectivity index (χ3v) is 4.56. The molecule has 0 amide bonds. The van der Waals surface area contributed by atoms with Crippen molar-refractivity contribution in [1.29, 1.82) is 0 Å². The molecule has 0 unspecified atom stereocenters. The van der Waals surface area contributed by atoms with Crippen molar-refractivity contribution < 1.29 is 9.84 Å². The summed E-state index contributed by atoms with van der Waals surface area (Å²) in [6, 6.07) is 0.142. The number of rotatable bonds is 3. The molecule has 0 aromatic carbocycles. The molecule has 2 heterocycles. The Kier molecular flexibility index (Phi) is 4.10. The normalized spacial score (nSPS) is 27.6. The van der Waals surface area contributed by atoms with Gasteiger partial charge in [0.25, 0.3) is 0 Å². The smallest absolute Gasteiger partial charge is 0.126 e. The van der Waals surface area contributed by atoms with Gasteiger partial charge < -0.3 is 14.8 Å². The number of imidazole rings is 1. The Labute approximate surface area is 120 Å². The monoisotopic (exact) mass is 279 g/mol. The number of hydrogen-bond donors (Lipinski definition) is 2. The van der Waals surface area contributed by atoms with Crippen LogP contribution in [0.1, 0.15) is 49.7 Å². The van der Waals surface area contributed by atoms with Gasteiger partial charge in [0.2, 0.25) is 0 Å². The number of H-pyrrole nitrogens is 1. The number of aliphatic hydroxyl groups is 1. The van der Waals surface area contributed by atoms with Crippen LogP contribution in [0.4, 0.5) is 0 Å². The molecule has 5 nitrogen and oxygen atoms in total. The first-order valence-electron chi connectivity index (χ1n) is 7.72. The zero-order chi connectivity index (χ0) is 14.0. The van der Waals surface area contributed by atoms with E-state index in [1.807, 2.05) is 13.1 Å². The third-order valence-electron chi connectivity index (χ3n) is 4.56. The van der Waals surface area contributed by atoms with Gasteiger partial charge in [0.05, 0.1) is 24.9 Å². The van der Waals surface area contributed by atoms with Gasteiger partial charge >= 0.3 is 0 Å². The predicted molar refractivity (Wildman–Crippen MR) is 76.5 cm³/mol. The Bertz CT molecular complexity index is 440. The fraction of sp³-hybridized carbons (Fsp3) is 0.800. The molecule has 20 heavy (non-hydrogen) atoms. The highest BCUT2D eigenvalue weighted by Gasteiger charge is 2.36. The molecule has 2 aliphatic rings.